The molecule has 6 rings (SSSR count). The van der Waals surface area contributed by atoms with Crippen LogP contribution in [-0.2, 0) is 11.3 Å². The summed E-state index contributed by atoms with van der Waals surface area (Å²) in [6.07, 6.45) is -0.0330. The third kappa shape index (κ3) is 6.09. The number of aryl methyl sites for hydroxylation is 1. The smallest absolute Gasteiger partial charge is 0.289 e. The van der Waals surface area contributed by atoms with Gasteiger partial charge in [-0.25, -0.2) is 0 Å². The van der Waals surface area contributed by atoms with Crippen LogP contribution < -0.4 is 30.3 Å². The Morgan fingerprint density at radius 3 is 2.60 bits per heavy atom. The van der Waals surface area contributed by atoms with Crippen molar-refractivity contribution in [2.75, 3.05) is 26.8 Å². The molecule has 4 heterocycles. The van der Waals surface area contributed by atoms with Gasteiger partial charge in [-0.15, -0.1) is 0 Å². The van der Waals surface area contributed by atoms with Crippen molar-refractivity contribution >= 4 is 17.7 Å². The molecule has 0 aliphatic carbocycles. The Balaban J connectivity index is 1.45. The number of benzene rings is 2. The van der Waals surface area contributed by atoms with Gasteiger partial charge in [-0.05, 0) is 42.8 Å². The van der Waals surface area contributed by atoms with Gasteiger partial charge in [-0.2, -0.15) is 0 Å². The van der Waals surface area contributed by atoms with Gasteiger partial charge in [0, 0.05) is 43.8 Å². The lowest BCUT2D eigenvalue weighted by Gasteiger charge is -2.38. The molecule has 3 aliphatic rings. The number of nitrogens with zero attached hydrogens (tertiary/aromatic N) is 1. The molecular weight excluding hydrogens is 518 g/mol. The number of ether oxygens (including phenoxy) is 3. The van der Waals surface area contributed by atoms with Crippen molar-refractivity contribution in [1.82, 2.24) is 15.5 Å². The normalized spacial score (nSPS) is 19.3. The molecular formula is C29H29N3O8. The number of nitrogens with one attached hydrogen (secondary N) is 2. The van der Waals surface area contributed by atoms with Crippen LogP contribution in [-0.4, -0.2) is 61.6 Å². The largest absolute Gasteiger partial charge is 0.493 e. The summed E-state index contributed by atoms with van der Waals surface area (Å²) < 4.78 is 22.8. The molecule has 3 aliphatic heterocycles. The summed E-state index contributed by atoms with van der Waals surface area (Å²) in [6, 6.07) is 13.8. The first-order valence-corrected chi connectivity index (χ1v) is 12.8. The maximum absolute atomic E-state index is 13.4. The average molecular weight is 548 g/mol. The van der Waals surface area contributed by atoms with E-state index in [0.717, 1.165) is 11.6 Å². The highest BCUT2D eigenvalue weighted by molar-refractivity contribution is 5.95. The summed E-state index contributed by atoms with van der Waals surface area (Å²) >= 11 is 0. The fourth-order valence-electron chi connectivity index (χ4n) is 4.70. The number of amides is 3. The van der Waals surface area contributed by atoms with E-state index in [1.807, 2.05) is 12.1 Å². The minimum Gasteiger partial charge on any atom is -0.493 e. The van der Waals surface area contributed by atoms with Gasteiger partial charge < -0.3 is 34.2 Å². The molecule has 2 atom stereocenters. The second-order valence-electron chi connectivity index (χ2n) is 9.62. The number of likely N-dealkylation sites (tertiary alicyclic amines) is 1. The average Bonchev–Trinajstić information content (AvgIpc) is 2.95. The molecule has 0 radical (unpaired) electrons. The second-order valence-corrected chi connectivity index (χ2v) is 9.62. The van der Waals surface area contributed by atoms with Gasteiger partial charge in [0.1, 0.15) is 17.6 Å². The van der Waals surface area contributed by atoms with Crippen molar-refractivity contribution < 1.29 is 33.0 Å². The molecule has 11 heteroatoms. The van der Waals surface area contributed by atoms with Crippen LogP contribution in [0.2, 0.25) is 0 Å². The molecule has 40 heavy (non-hydrogen) atoms. The number of carbonyl (C=O) groups excluding carboxylic acids is 3. The summed E-state index contributed by atoms with van der Waals surface area (Å²) in [6.45, 7) is 2.10. The first-order valence-electron chi connectivity index (χ1n) is 12.8. The number of fused-ring (bicyclic) bond motifs is 7. The van der Waals surface area contributed by atoms with Gasteiger partial charge in [-0.1, -0.05) is 12.1 Å². The number of piperidine rings is 1. The topological polar surface area (TPSA) is 136 Å². The highest BCUT2D eigenvalue weighted by atomic mass is 16.5. The molecule has 0 unspecified atom stereocenters. The number of hydrogen-bond donors (Lipinski definition) is 2. The van der Waals surface area contributed by atoms with Gasteiger partial charge in [0.05, 0.1) is 13.2 Å². The maximum Gasteiger partial charge on any atom is 0.289 e. The SMILES string of the molecule is COc1ccc2cc1OCC(=O)NCc1ccc(cc1)O[C@@H]1CCN(C(=O)c3cc(=O)cc(C)o3)C[C@@H]1NC2=O. The standard InChI is InChI=1S/C29H29N3O8/c1-17-11-20(33)13-26(39-17)29(36)32-10-9-23-22(15-32)31-28(35)19-5-8-24(37-2)25(12-19)38-16-27(34)30-14-18-3-6-21(40-23)7-4-18/h3-8,11-13,22-23H,9-10,14-16H2,1-2H3,(H,30,34)(H,31,35)/t22-,23+/m0/s1. The van der Waals surface area contributed by atoms with Gasteiger partial charge in [0.2, 0.25) is 0 Å². The van der Waals surface area contributed by atoms with E-state index in [4.69, 9.17) is 18.6 Å². The first kappa shape index (κ1) is 26.8. The van der Waals surface area contributed by atoms with Crippen molar-refractivity contribution in [3.63, 3.8) is 0 Å². The van der Waals surface area contributed by atoms with Crippen LogP contribution >= 0.6 is 0 Å². The molecule has 2 N–H and O–H groups in total. The van der Waals surface area contributed by atoms with E-state index in [9.17, 15) is 19.2 Å². The fourth-order valence-corrected chi connectivity index (χ4v) is 4.70. The van der Waals surface area contributed by atoms with E-state index in [0.29, 0.717) is 36.8 Å². The van der Waals surface area contributed by atoms with Crippen LogP contribution in [0.25, 0.3) is 0 Å². The van der Waals surface area contributed by atoms with Crippen molar-refractivity contribution in [1.29, 1.82) is 0 Å². The summed E-state index contributed by atoms with van der Waals surface area (Å²) in [5.41, 5.74) is 0.822. The Kier molecular flexibility index (Phi) is 7.72. The molecule has 4 bridgehead atoms. The van der Waals surface area contributed by atoms with Crippen LogP contribution in [0.3, 0.4) is 0 Å². The predicted octanol–water partition coefficient (Wildman–Crippen LogP) is 2.06. The Bertz CT molecular complexity index is 1480. The second kappa shape index (κ2) is 11.5. The molecule has 2 aromatic carbocycles. The number of hydrogen-bond acceptors (Lipinski definition) is 8. The molecule has 1 saturated heterocycles. The Labute approximate surface area is 230 Å². The Hall–Kier alpha value is -4.80. The summed E-state index contributed by atoms with van der Waals surface area (Å²) in [4.78, 5) is 52.5. The van der Waals surface area contributed by atoms with E-state index in [2.05, 4.69) is 10.6 Å². The van der Waals surface area contributed by atoms with E-state index < -0.39 is 24.0 Å². The van der Waals surface area contributed by atoms with E-state index in [-0.39, 0.29) is 41.6 Å². The zero-order chi connectivity index (χ0) is 28.2. The molecule has 0 spiro atoms. The summed E-state index contributed by atoms with van der Waals surface area (Å²) in [5.74, 6) is 0.264. The van der Waals surface area contributed by atoms with E-state index in [1.54, 1.807) is 31.2 Å². The van der Waals surface area contributed by atoms with Gasteiger partial charge in [0.25, 0.3) is 17.7 Å². The van der Waals surface area contributed by atoms with Crippen molar-refractivity contribution in [2.24, 2.45) is 0 Å². The quantitative estimate of drug-likeness (QED) is 0.498. The molecule has 3 aromatic rings. The van der Waals surface area contributed by atoms with E-state index >= 15 is 0 Å². The zero-order valence-corrected chi connectivity index (χ0v) is 22.1. The highest BCUT2D eigenvalue weighted by Gasteiger charge is 2.35. The Morgan fingerprint density at radius 1 is 1.05 bits per heavy atom. The van der Waals surface area contributed by atoms with Gasteiger partial charge in [0.15, 0.2) is 29.3 Å². The van der Waals surface area contributed by atoms with Crippen molar-refractivity contribution in [2.45, 2.75) is 32.0 Å². The number of carbonyl (C=O) groups is 3. The molecule has 1 fully saturated rings. The first-order chi connectivity index (χ1) is 19.3. The molecule has 1 aromatic heterocycles. The van der Waals surface area contributed by atoms with Crippen LogP contribution in [0.1, 0.15) is 38.7 Å². The monoisotopic (exact) mass is 547 g/mol. The lowest BCUT2D eigenvalue weighted by molar-refractivity contribution is -0.123. The van der Waals surface area contributed by atoms with Gasteiger partial charge in [-0.3, -0.25) is 19.2 Å². The third-order valence-electron chi connectivity index (χ3n) is 6.74. The minimum absolute atomic E-state index is 0.0596. The summed E-state index contributed by atoms with van der Waals surface area (Å²) in [5, 5.41) is 5.79. The Morgan fingerprint density at radius 2 is 1.85 bits per heavy atom. The summed E-state index contributed by atoms with van der Waals surface area (Å²) in [7, 11) is 1.47. The van der Waals surface area contributed by atoms with Crippen LogP contribution in [0, 0.1) is 6.92 Å². The molecule has 11 nitrogen and oxygen atoms in total. The number of methoxy groups -OCH3 is 1. The third-order valence-corrected chi connectivity index (χ3v) is 6.74. The predicted molar refractivity (Wildman–Crippen MR) is 143 cm³/mol. The minimum atomic E-state index is -0.591. The van der Waals surface area contributed by atoms with Crippen LogP contribution in [0.4, 0.5) is 0 Å². The van der Waals surface area contributed by atoms with Crippen molar-refractivity contribution in [3.8, 4) is 17.2 Å². The van der Waals surface area contributed by atoms with Crippen molar-refractivity contribution in [3.05, 3.63) is 87.5 Å². The zero-order valence-electron chi connectivity index (χ0n) is 22.1. The fraction of sp³-hybridized carbons (Fsp3) is 0.310. The number of rotatable bonds is 2. The highest BCUT2D eigenvalue weighted by Crippen LogP contribution is 2.29. The molecule has 208 valence electrons. The van der Waals surface area contributed by atoms with Crippen LogP contribution in [0.5, 0.6) is 17.2 Å². The molecule has 0 saturated carbocycles. The lowest BCUT2D eigenvalue weighted by atomic mass is 10.0. The maximum atomic E-state index is 13.4. The molecule has 3 amide bonds. The van der Waals surface area contributed by atoms with Crippen LogP contribution in [0.15, 0.2) is 63.8 Å². The lowest BCUT2D eigenvalue weighted by Crippen LogP contribution is -2.58. The van der Waals surface area contributed by atoms with Gasteiger partial charge >= 0.3 is 0 Å². The van der Waals surface area contributed by atoms with E-state index in [1.165, 1.54) is 24.1 Å².